The molecule has 0 aromatic heterocycles. The van der Waals surface area contributed by atoms with E-state index in [-0.39, 0.29) is 0 Å². The molecule has 0 saturated heterocycles. The lowest BCUT2D eigenvalue weighted by Gasteiger charge is -2.21. The SMILES string of the molecule is COc1ccccc1-c1cc2ccccc2c2c(-c3ccccc3)c(OC)c3ccccc3c12. The van der Waals surface area contributed by atoms with E-state index in [4.69, 9.17) is 9.47 Å². The molecule has 0 spiro atoms. The minimum atomic E-state index is 0.861. The zero-order chi connectivity index (χ0) is 23.1. The molecule has 0 aliphatic heterocycles. The van der Waals surface area contributed by atoms with Gasteiger partial charge in [-0.05, 0) is 44.8 Å². The predicted octanol–water partition coefficient (Wildman–Crippen LogP) is 8.50. The molecule has 6 rings (SSSR count). The summed E-state index contributed by atoms with van der Waals surface area (Å²) in [7, 11) is 3.50. The van der Waals surface area contributed by atoms with Gasteiger partial charge in [-0.3, -0.25) is 0 Å². The Labute approximate surface area is 199 Å². The highest BCUT2D eigenvalue weighted by Gasteiger charge is 2.22. The predicted molar refractivity (Wildman–Crippen MR) is 143 cm³/mol. The van der Waals surface area contributed by atoms with Crippen LogP contribution in [-0.2, 0) is 0 Å². The van der Waals surface area contributed by atoms with Crippen LogP contribution < -0.4 is 9.47 Å². The molecule has 2 heteroatoms. The van der Waals surface area contributed by atoms with Crippen LogP contribution >= 0.6 is 0 Å². The normalized spacial score (nSPS) is 11.2. The summed E-state index contributed by atoms with van der Waals surface area (Å²) in [6.07, 6.45) is 0. The van der Waals surface area contributed by atoms with E-state index in [1.807, 2.05) is 12.1 Å². The van der Waals surface area contributed by atoms with Gasteiger partial charge in [0.15, 0.2) is 0 Å². The third-order valence-corrected chi connectivity index (χ3v) is 6.63. The fraction of sp³-hybridized carbons (Fsp3) is 0.0625. The van der Waals surface area contributed by atoms with Crippen molar-refractivity contribution in [1.29, 1.82) is 0 Å². The summed E-state index contributed by atoms with van der Waals surface area (Å²) in [6, 6.07) is 38.2. The second-order valence-electron chi connectivity index (χ2n) is 8.42. The molecule has 164 valence electrons. The van der Waals surface area contributed by atoms with E-state index in [9.17, 15) is 0 Å². The first-order chi connectivity index (χ1) is 16.8. The quantitative estimate of drug-likeness (QED) is 0.256. The number of methoxy groups -OCH3 is 2. The fourth-order valence-electron chi connectivity index (χ4n) is 5.21. The molecular formula is C32H24O2. The molecule has 0 saturated carbocycles. The maximum absolute atomic E-state index is 6.14. The number of hydrogen-bond acceptors (Lipinski definition) is 2. The molecule has 0 fully saturated rings. The average molecular weight is 441 g/mol. The molecule has 2 nitrogen and oxygen atoms in total. The van der Waals surface area contributed by atoms with Crippen molar-refractivity contribution < 1.29 is 9.47 Å². The first kappa shape index (κ1) is 20.3. The average Bonchev–Trinajstić information content (AvgIpc) is 2.92. The van der Waals surface area contributed by atoms with Crippen molar-refractivity contribution in [2.24, 2.45) is 0 Å². The number of fused-ring (bicyclic) bond motifs is 5. The zero-order valence-electron chi connectivity index (χ0n) is 19.2. The molecule has 0 aliphatic carbocycles. The molecule has 0 heterocycles. The Kier molecular flexibility index (Phi) is 4.92. The number of para-hydroxylation sites is 1. The summed E-state index contributed by atoms with van der Waals surface area (Å²) in [5.74, 6) is 1.76. The van der Waals surface area contributed by atoms with Gasteiger partial charge in [0, 0.05) is 21.9 Å². The van der Waals surface area contributed by atoms with Gasteiger partial charge < -0.3 is 9.47 Å². The van der Waals surface area contributed by atoms with Crippen LogP contribution in [0.25, 0.3) is 54.6 Å². The summed E-state index contributed by atoms with van der Waals surface area (Å²) in [6.45, 7) is 0. The van der Waals surface area contributed by atoms with E-state index < -0.39 is 0 Å². The van der Waals surface area contributed by atoms with Crippen molar-refractivity contribution in [3.05, 3.63) is 109 Å². The van der Waals surface area contributed by atoms with E-state index >= 15 is 0 Å². The van der Waals surface area contributed by atoms with Crippen molar-refractivity contribution in [1.82, 2.24) is 0 Å². The van der Waals surface area contributed by atoms with Crippen molar-refractivity contribution in [2.75, 3.05) is 14.2 Å². The highest BCUT2D eigenvalue weighted by Crippen LogP contribution is 2.50. The first-order valence-electron chi connectivity index (χ1n) is 11.4. The van der Waals surface area contributed by atoms with Gasteiger partial charge in [0.1, 0.15) is 11.5 Å². The summed E-state index contributed by atoms with van der Waals surface area (Å²) < 4.78 is 11.9. The van der Waals surface area contributed by atoms with Gasteiger partial charge >= 0.3 is 0 Å². The molecule has 0 unspecified atom stereocenters. The van der Waals surface area contributed by atoms with Gasteiger partial charge in [-0.15, -0.1) is 0 Å². The topological polar surface area (TPSA) is 18.5 Å². The zero-order valence-corrected chi connectivity index (χ0v) is 19.2. The lowest BCUT2D eigenvalue weighted by Crippen LogP contribution is -1.96. The Hall–Kier alpha value is -4.30. The first-order valence-corrected chi connectivity index (χ1v) is 11.4. The van der Waals surface area contributed by atoms with Gasteiger partial charge in [0.05, 0.1) is 14.2 Å². The minimum Gasteiger partial charge on any atom is -0.496 e. The Balaban J connectivity index is 1.95. The number of ether oxygens (including phenoxy) is 2. The summed E-state index contributed by atoms with van der Waals surface area (Å²) in [4.78, 5) is 0. The van der Waals surface area contributed by atoms with Gasteiger partial charge in [-0.2, -0.15) is 0 Å². The summed E-state index contributed by atoms with van der Waals surface area (Å²) >= 11 is 0. The second-order valence-corrected chi connectivity index (χ2v) is 8.42. The number of hydrogen-bond donors (Lipinski definition) is 0. The van der Waals surface area contributed by atoms with E-state index in [1.165, 1.54) is 26.9 Å². The van der Waals surface area contributed by atoms with Gasteiger partial charge in [-0.25, -0.2) is 0 Å². The third-order valence-electron chi connectivity index (χ3n) is 6.63. The van der Waals surface area contributed by atoms with E-state index in [2.05, 4.69) is 97.1 Å². The molecular weight excluding hydrogens is 416 g/mol. The number of rotatable bonds is 4. The molecule has 0 amide bonds. The highest BCUT2D eigenvalue weighted by atomic mass is 16.5. The largest absolute Gasteiger partial charge is 0.496 e. The lowest BCUT2D eigenvalue weighted by atomic mass is 9.84. The van der Waals surface area contributed by atoms with Gasteiger partial charge in [-0.1, -0.05) is 97.1 Å². The summed E-state index contributed by atoms with van der Waals surface area (Å²) in [5.41, 5.74) is 4.49. The van der Waals surface area contributed by atoms with Crippen LogP contribution in [0.5, 0.6) is 11.5 Å². The van der Waals surface area contributed by atoms with Crippen LogP contribution in [0.15, 0.2) is 109 Å². The van der Waals surface area contributed by atoms with Crippen LogP contribution in [0.1, 0.15) is 0 Å². The Morgan fingerprint density at radius 2 is 1.15 bits per heavy atom. The van der Waals surface area contributed by atoms with Crippen LogP contribution in [0.3, 0.4) is 0 Å². The molecule has 6 aromatic carbocycles. The molecule has 6 aromatic rings. The molecule has 0 N–H and O–H groups in total. The highest BCUT2D eigenvalue weighted by molar-refractivity contribution is 6.29. The van der Waals surface area contributed by atoms with Crippen LogP contribution in [-0.4, -0.2) is 14.2 Å². The molecule has 0 radical (unpaired) electrons. The van der Waals surface area contributed by atoms with Crippen LogP contribution in [0.2, 0.25) is 0 Å². The standard InChI is InChI=1S/C32H24O2/c1-33-28-19-11-10-16-24(28)27-20-22-14-6-7-15-23(22)31-29(21-12-4-3-5-13-21)32(34-2)26-18-9-8-17-25(26)30(27)31/h3-20H,1-2H3. The fourth-order valence-corrected chi connectivity index (χ4v) is 5.21. The van der Waals surface area contributed by atoms with Crippen LogP contribution in [0.4, 0.5) is 0 Å². The smallest absolute Gasteiger partial charge is 0.135 e. The van der Waals surface area contributed by atoms with E-state index in [1.54, 1.807) is 14.2 Å². The van der Waals surface area contributed by atoms with Crippen molar-refractivity contribution in [3.8, 4) is 33.8 Å². The van der Waals surface area contributed by atoms with Crippen molar-refractivity contribution in [2.45, 2.75) is 0 Å². The lowest BCUT2D eigenvalue weighted by molar-refractivity contribution is 0.416. The van der Waals surface area contributed by atoms with Gasteiger partial charge in [0.2, 0.25) is 0 Å². The Morgan fingerprint density at radius 3 is 1.91 bits per heavy atom. The Bertz CT molecular complexity index is 1670. The molecule has 0 aliphatic rings. The second kappa shape index (κ2) is 8.24. The minimum absolute atomic E-state index is 0.861. The molecule has 34 heavy (non-hydrogen) atoms. The van der Waals surface area contributed by atoms with E-state index in [0.29, 0.717) is 0 Å². The van der Waals surface area contributed by atoms with Gasteiger partial charge in [0.25, 0.3) is 0 Å². The van der Waals surface area contributed by atoms with Crippen molar-refractivity contribution >= 4 is 32.3 Å². The maximum Gasteiger partial charge on any atom is 0.135 e. The van der Waals surface area contributed by atoms with E-state index in [0.717, 1.165) is 39.1 Å². The monoisotopic (exact) mass is 440 g/mol. The molecule has 0 atom stereocenters. The van der Waals surface area contributed by atoms with Crippen molar-refractivity contribution in [3.63, 3.8) is 0 Å². The number of benzene rings is 6. The Morgan fingerprint density at radius 1 is 0.500 bits per heavy atom. The van der Waals surface area contributed by atoms with Crippen LogP contribution in [0, 0.1) is 0 Å². The maximum atomic E-state index is 6.14. The third kappa shape index (κ3) is 3.03. The molecule has 0 bridgehead atoms. The summed E-state index contributed by atoms with van der Waals surface area (Å²) in [5, 5.41) is 7.06.